The van der Waals surface area contributed by atoms with Crippen LogP contribution < -0.4 is 19.6 Å². The van der Waals surface area contributed by atoms with Crippen molar-refractivity contribution in [3.63, 3.8) is 0 Å². The van der Waals surface area contributed by atoms with Crippen molar-refractivity contribution in [2.45, 2.75) is 25.6 Å². The summed E-state index contributed by atoms with van der Waals surface area (Å²) in [6.45, 7) is 3.38. The van der Waals surface area contributed by atoms with E-state index in [1.165, 1.54) is 11.3 Å². The van der Waals surface area contributed by atoms with Crippen LogP contribution in [0.3, 0.4) is 0 Å². The number of nitrogens with zero attached hydrogens (tertiary/aromatic N) is 2. The lowest BCUT2D eigenvalue weighted by Crippen LogP contribution is -2.58. The molecule has 0 saturated heterocycles. The van der Waals surface area contributed by atoms with Gasteiger partial charge in [0.25, 0.3) is 5.56 Å². The summed E-state index contributed by atoms with van der Waals surface area (Å²) in [7, 11) is 0. The van der Waals surface area contributed by atoms with E-state index in [1.54, 1.807) is 22.8 Å². The van der Waals surface area contributed by atoms with E-state index in [4.69, 9.17) is 9.73 Å². The van der Waals surface area contributed by atoms with Gasteiger partial charge in [0.05, 0.1) is 10.6 Å². The summed E-state index contributed by atoms with van der Waals surface area (Å²) in [6.07, 6.45) is 1.89. The van der Waals surface area contributed by atoms with Crippen molar-refractivity contribution in [3.8, 4) is 5.75 Å². The SMILES string of the molecule is CC(=O)[C@@H]1[C@H]2c3ccccc3O[C@]1(C)N=c1s/c(=C\c3cccs3)c(=O)n12. The Balaban J connectivity index is 1.85. The van der Waals surface area contributed by atoms with Crippen molar-refractivity contribution in [1.29, 1.82) is 0 Å². The molecular weight excluding hydrogens is 380 g/mol. The number of ketones is 1. The quantitative estimate of drug-likeness (QED) is 0.668. The maximum atomic E-state index is 13.3. The molecule has 5 nitrogen and oxygen atoms in total. The van der Waals surface area contributed by atoms with Crippen LogP contribution in [0, 0.1) is 5.92 Å². The van der Waals surface area contributed by atoms with Crippen LogP contribution in [0.15, 0.2) is 51.6 Å². The largest absolute Gasteiger partial charge is 0.465 e. The number of benzene rings is 1. The minimum atomic E-state index is -1.01. The maximum Gasteiger partial charge on any atom is 0.270 e. The molecule has 3 atom stereocenters. The molecular formula is C20H16N2O3S2. The van der Waals surface area contributed by atoms with E-state index in [9.17, 15) is 9.59 Å². The number of aromatic nitrogens is 1. The van der Waals surface area contributed by atoms with Gasteiger partial charge < -0.3 is 4.74 Å². The summed E-state index contributed by atoms with van der Waals surface area (Å²) in [5, 5.41) is 1.98. The molecule has 2 aliphatic rings. The van der Waals surface area contributed by atoms with Crippen molar-refractivity contribution in [3.05, 3.63) is 71.9 Å². The highest BCUT2D eigenvalue weighted by atomic mass is 32.1. The minimum Gasteiger partial charge on any atom is -0.465 e. The first kappa shape index (κ1) is 16.6. The Bertz CT molecular complexity index is 1240. The second kappa shape index (κ2) is 5.74. The van der Waals surface area contributed by atoms with E-state index in [-0.39, 0.29) is 11.3 Å². The second-order valence-corrected chi connectivity index (χ2v) is 8.91. The van der Waals surface area contributed by atoms with Gasteiger partial charge in [0.2, 0.25) is 5.72 Å². The number of Topliss-reactive ketones (excluding diaryl/α,β-unsaturated/α-hetero) is 1. The van der Waals surface area contributed by atoms with E-state index in [0.717, 1.165) is 10.4 Å². The summed E-state index contributed by atoms with van der Waals surface area (Å²) < 4.78 is 8.47. The molecule has 0 saturated carbocycles. The smallest absolute Gasteiger partial charge is 0.270 e. The lowest BCUT2D eigenvalue weighted by Gasteiger charge is -2.45. The standard InChI is InChI=1S/C20H16N2O3S2/c1-11(23)16-17-13-7-3-4-8-14(13)25-20(16,2)21-19-22(17)18(24)15(27-19)10-12-6-5-9-26-12/h3-10,16-17H,1-2H3/b15-10-/t16-,17-,20+/m1/s1. The third-order valence-electron chi connectivity index (χ3n) is 5.13. The molecule has 4 heterocycles. The number of thiazole rings is 1. The van der Waals surface area contributed by atoms with Crippen LogP contribution >= 0.6 is 22.7 Å². The van der Waals surface area contributed by atoms with Crippen LogP contribution in [0.25, 0.3) is 6.08 Å². The number of carbonyl (C=O) groups is 1. The van der Waals surface area contributed by atoms with Crippen LogP contribution in [0.2, 0.25) is 0 Å². The van der Waals surface area contributed by atoms with Crippen LogP contribution in [0.1, 0.15) is 30.3 Å². The number of para-hydroxylation sites is 1. The average Bonchev–Trinajstić information content (AvgIpc) is 3.22. The number of hydrogen-bond acceptors (Lipinski definition) is 6. The number of hydrogen-bond donors (Lipinski definition) is 0. The van der Waals surface area contributed by atoms with Gasteiger partial charge >= 0.3 is 0 Å². The third-order valence-corrected chi connectivity index (χ3v) is 6.94. The monoisotopic (exact) mass is 396 g/mol. The van der Waals surface area contributed by atoms with E-state index in [0.29, 0.717) is 15.1 Å². The highest BCUT2D eigenvalue weighted by Gasteiger charge is 2.53. The van der Waals surface area contributed by atoms with Gasteiger partial charge in [0.15, 0.2) is 4.80 Å². The van der Waals surface area contributed by atoms with E-state index in [2.05, 4.69) is 0 Å². The zero-order valence-corrected chi connectivity index (χ0v) is 16.3. The molecule has 0 amide bonds. The van der Waals surface area contributed by atoms with Crippen molar-refractivity contribution in [2.24, 2.45) is 10.9 Å². The predicted octanol–water partition coefficient (Wildman–Crippen LogP) is 2.34. The zero-order valence-electron chi connectivity index (χ0n) is 14.7. The maximum absolute atomic E-state index is 13.3. The molecule has 0 aliphatic carbocycles. The summed E-state index contributed by atoms with van der Waals surface area (Å²) in [4.78, 5) is 32.2. The number of ether oxygens (including phenoxy) is 1. The molecule has 136 valence electrons. The lowest BCUT2D eigenvalue weighted by atomic mass is 9.79. The van der Waals surface area contributed by atoms with Crippen molar-refractivity contribution < 1.29 is 9.53 Å². The first-order valence-corrected chi connectivity index (χ1v) is 10.3. The molecule has 3 aromatic rings. The molecule has 0 N–H and O–H groups in total. The number of rotatable bonds is 2. The Morgan fingerprint density at radius 1 is 1.30 bits per heavy atom. The number of thiophene rings is 1. The Labute approximate surface area is 162 Å². The second-order valence-electron chi connectivity index (χ2n) is 6.92. The van der Waals surface area contributed by atoms with Gasteiger partial charge in [-0.1, -0.05) is 35.6 Å². The van der Waals surface area contributed by atoms with Crippen LogP contribution in [0.4, 0.5) is 0 Å². The first-order chi connectivity index (χ1) is 13.0. The number of carbonyl (C=O) groups excluding carboxylic acids is 1. The topological polar surface area (TPSA) is 60.7 Å². The summed E-state index contributed by atoms with van der Waals surface area (Å²) in [5.41, 5.74) is -0.265. The highest BCUT2D eigenvalue weighted by molar-refractivity contribution is 7.11. The fourth-order valence-electron chi connectivity index (χ4n) is 4.06. The van der Waals surface area contributed by atoms with Gasteiger partial charge in [0, 0.05) is 10.4 Å². The lowest BCUT2D eigenvalue weighted by molar-refractivity contribution is -0.132. The highest BCUT2D eigenvalue weighted by Crippen LogP contribution is 2.47. The minimum absolute atomic E-state index is 0.0340. The third kappa shape index (κ3) is 2.38. The summed E-state index contributed by atoms with van der Waals surface area (Å²) >= 11 is 2.93. The molecule has 1 aromatic carbocycles. The summed E-state index contributed by atoms with van der Waals surface area (Å²) in [5.74, 6) is 0.105. The van der Waals surface area contributed by atoms with Crippen LogP contribution in [-0.4, -0.2) is 16.1 Å². The van der Waals surface area contributed by atoms with E-state index >= 15 is 0 Å². The van der Waals surface area contributed by atoms with Gasteiger partial charge in [-0.2, -0.15) is 0 Å². The van der Waals surface area contributed by atoms with Crippen LogP contribution in [-0.2, 0) is 4.79 Å². The molecule has 0 radical (unpaired) electrons. The molecule has 27 heavy (non-hydrogen) atoms. The van der Waals surface area contributed by atoms with Gasteiger partial charge in [-0.15, -0.1) is 11.3 Å². The van der Waals surface area contributed by atoms with Gasteiger partial charge in [0.1, 0.15) is 17.5 Å². The molecule has 2 aliphatic heterocycles. The summed E-state index contributed by atoms with van der Waals surface area (Å²) in [6, 6.07) is 11.1. The van der Waals surface area contributed by atoms with Crippen LogP contribution in [0.5, 0.6) is 5.75 Å². The first-order valence-electron chi connectivity index (χ1n) is 8.63. The zero-order chi connectivity index (χ0) is 18.8. The van der Waals surface area contributed by atoms with E-state index < -0.39 is 17.7 Å². The van der Waals surface area contributed by atoms with Gasteiger partial charge in [-0.25, -0.2) is 4.99 Å². The Morgan fingerprint density at radius 3 is 2.85 bits per heavy atom. The van der Waals surface area contributed by atoms with Crippen molar-refractivity contribution in [2.75, 3.05) is 0 Å². The molecule has 5 rings (SSSR count). The predicted molar refractivity (Wildman–Crippen MR) is 105 cm³/mol. The van der Waals surface area contributed by atoms with Crippen molar-refractivity contribution in [1.82, 2.24) is 4.57 Å². The molecule has 2 bridgehead atoms. The number of fused-ring (bicyclic) bond motifs is 6. The molecule has 0 fully saturated rings. The normalized spacial score (nSPS) is 25.9. The molecule has 7 heteroatoms. The van der Waals surface area contributed by atoms with Gasteiger partial charge in [-0.3, -0.25) is 14.2 Å². The average molecular weight is 396 g/mol. The van der Waals surface area contributed by atoms with E-state index in [1.807, 2.05) is 54.8 Å². The van der Waals surface area contributed by atoms with Gasteiger partial charge in [-0.05, 0) is 37.4 Å². The Morgan fingerprint density at radius 2 is 2.11 bits per heavy atom. The molecule has 0 unspecified atom stereocenters. The Hall–Kier alpha value is -2.51. The molecule has 0 spiro atoms. The fourth-order valence-corrected chi connectivity index (χ4v) is 5.88. The fraction of sp³-hybridized carbons (Fsp3) is 0.250. The van der Waals surface area contributed by atoms with Crippen molar-refractivity contribution >= 4 is 34.5 Å². The molecule has 2 aromatic heterocycles. The Kier molecular flexibility index (Phi) is 3.54.